The number of carbonyl (C=O) groups excluding carboxylic acids is 3. The minimum absolute atomic E-state index is 0.0243. The number of fused-ring (bicyclic) bond motifs is 1. The standard InChI is InChI=1S/C31H43N5O4/c1-22(37)17-29(38)35-20-24(11-7-8-15-32)31(40)36-26(18-25-21-34-28-13-6-5-12-27(25)28)19-30(39)33-16-14-23-9-3-2-4-10-23/h2-6,9-10,12-13,21-22,24,26,34,37H,7-8,11,14-20,32H2,1H3,(H,33,39)(H,35,38)(H,36,40)/t22-,24+,26-/m1/s1. The predicted octanol–water partition coefficient (Wildman–Crippen LogP) is 2.58. The van der Waals surface area contributed by atoms with Crippen LogP contribution in [-0.4, -0.2) is 59.6 Å². The second-order valence-electron chi connectivity index (χ2n) is 10.4. The molecule has 1 heterocycles. The lowest BCUT2D eigenvalue weighted by Crippen LogP contribution is -2.46. The molecule has 40 heavy (non-hydrogen) atoms. The maximum absolute atomic E-state index is 13.5. The smallest absolute Gasteiger partial charge is 0.225 e. The SMILES string of the molecule is C[C@@H](O)CC(=O)NC[C@H](CCCCN)C(=O)N[C@@H](CC(=O)NCCc1ccccc1)Cc1c[nH]c2ccccc12. The van der Waals surface area contributed by atoms with Gasteiger partial charge in [0, 0.05) is 42.7 Å². The molecule has 3 rings (SSSR count). The van der Waals surface area contributed by atoms with Crippen molar-refractivity contribution in [3.8, 4) is 0 Å². The summed E-state index contributed by atoms with van der Waals surface area (Å²) in [7, 11) is 0. The molecule has 216 valence electrons. The third kappa shape index (κ3) is 10.5. The van der Waals surface area contributed by atoms with Gasteiger partial charge >= 0.3 is 0 Å². The summed E-state index contributed by atoms with van der Waals surface area (Å²) in [5, 5.41) is 19.4. The number of benzene rings is 2. The highest BCUT2D eigenvalue weighted by Crippen LogP contribution is 2.20. The van der Waals surface area contributed by atoms with Crippen LogP contribution >= 0.6 is 0 Å². The molecule has 0 aliphatic rings. The summed E-state index contributed by atoms with van der Waals surface area (Å²) < 4.78 is 0. The van der Waals surface area contributed by atoms with Crippen molar-refractivity contribution in [2.75, 3.05) is 19.6 Å². The van der Waals surface area contributed by atoms with Crippen molar-refractivity contribution in [3.63, 3.8) is 0 Å². The fourth-order valence-electron chi connectivity index (χ4n) is 4.78. The van der Waals surface area contributed by atoms with Gasteiger partial charge in [-0.2, -0.15) is 0 Å². The van der Waals surface area contributed by atoms with Gasteiger partial charge in [-0.3, -0.25) is 14.4 Å². The summed E-state index contributed by atoms with van der Waals surface area (Å²) in [5.74, 6) is -1.13. The largest absolute Gasteiger partial charge is 0.393 e. The van der Waals surface area contributed by atoms with Crippen molar-refractivity contribution in [1.82, 2.24) is 20.9 Å². The van der Waals surface area contributed by atoms with Gasteiger partial charge in [-0.25, -0.2) is 0 Å². The third-order valence-corrected chi connectivity index (χ3v) is 6.90. The van der Waals surface area contributed by atoms with E-state index in [1.165, 1.54) is 0 Å². The van der Waals surface area contributed by atoms with Gasteiger partial charge in [-0.05, 0) is 56.3 Å². The van der Waals surface area contributed by atoms with Crippen LogP contribution in [0.1, 0.15) is 50.2 Å². The van der Waals surface area contributed by atoms with Crippen LogP contribution in [0.25, 0.3) is 10.9 Å². The maximum atomic E-state index is 13.5. The number of para-hydroxylation sites is 1. The molecule has 0 bridgehead atoms. The molecule has 9 nitrogen and oxygen atoms in total. The zero-order valence-corrected chi connectivity index (χ0v) is 23.3. The molecule has 3 aromatic rings. The van der Waals surface area contributed by atoms with Crippen LogP contribution in [0.2, 0.25) is 0 Å². The lowest BCUT2D eigenvalue weighted by atomic mass is 9.97. The number of nitrogens with one attached hydrogen (secondary N) is 4. The van der Waals surface area contributed by atoms with Crippen molar-refractivity contribution in [3.05, 3.63) is 71.9 Å². The minimum atomic E-state index is -0.759. The van der Waals surface area contributed by atoms with E-state index in [2.05, 4.69) is 20.9 Å². The molecular formula is C31H43N5O4. The molecule has 2 aromatic carbocycles. The summed E-state index contributed by atoms with van der Waals surface area (Å²) in [6.07, 6.45) is 4.54. The Labute approximate surface area is 236 Å². The third-order valence-electron chi connectivity index (χ3n) is 6.90. The lowest BCUT2D eigenvalue weighted by molar-refractivity contribution is -0.127. The van der Waals surface area contributed by atoms with Gasteiger partial charge in [0.2, 0.25) is 17.7 Å². The number of rotatable bonds is 17. The van der Waals surface area contributed by atoms with Gasteiger partial charge in [0.15, 0.2) is 0 Å². The summed E-state index contributed by atoms with van der Waals surface area (Å²) >= 11 is 0. The molecule has 9 heteroatoms. The zero-order chi connectivity index (χ0) is 28.7. The van der Waals surface area contributed by atoms with E-state index in [1.54, 1.807) is 6.92 Å². The van der Waals surface area contributed by atoms with E-state index in [0.29, 0.717) is 25.9 Å². The van der Waals surface area contributed by atoms with Gasteiger partial charge in [0.05, 0.1) is 18.4 Å². The highest BCUT2D eigenvalue weighted by Gasteiger charge is 2.24. The molecule has 0 aliphatic heterocycles. The zero-order valence-electron chi connectivity index (χ0n) is 23.3. The predicted molar refractivity (Wildman–Crippen MR) is 157 cm³/mol. The average Bonchev–Trinajstić information content (AvgIpc) is 3.33. The Morgan fingerprint density at radius 2 is 1.68 bits per heavy atom. The van der Waals surface area contributed by atoms with Crippen LogP contribution in [0, 0.1) is 5.92 Å². The normalized spacial score (nSPS) is 13.4. The Hall–Kier alpha value is -3.69. The second kappa shape index (κ2) is 16.4. The van der Waals surface area contributed by atoms with E-state index in [1.807, 2.05) is 60.8 Å². The first-order chi connectivity index (χ1) is 19.4. The van der Waals surface area contributed by atoms with Gasteiger partial charge in [-0.15, -0.1) is 0 Å². The topological polar surface area (TPSA) is 149 Å². The highest BCUT2D eigenvalue weighted by molar-refractivity contribution is 5.85. The summed E-state index contributed by atoms with van der Waals surface area (Å²) in [5.41, 5.74) is 8.81. The molecule has 0 saturated heterocycles. The van der Waals surface area contributed by atoms with Crippen molar-refractivity contribution < 1.29 is 19.5 Å². The molecule has 0 spiro atoms. The Morgan fingerprint density at radius 1 is 0.950 bits per heavy atom. The Balaban J connectivity index is 1.68. The van der Waals surface area contributed by atoms with E-state index in [0.717, 1.165) is 41.3 Å². The van der Waals surface area contributed by atoms with E-state index < -0.39 is 18.1 Å². The fourth-order valence-corrected chi connectivity index (χ4v) is 4.78. The first-order valence-corrected chi connectivity index (χ1v) is 14.2. The van der Waals surface area contributed by atoms with Crippen LogP contribution in [-0.2, 0) is 27.2 Å². The summed E-state index contributed by atoms with van der Waals surface area (Å²) in [6, 6.07) is 17.5. The van der Waals surface area contributed by atoms with Crippen molar-refractivity contribution in [2.45, 2.75) is 64.0 Å². The molecule has 1 aromatic heterocycles. The van der Waals surface area contributed by atoms with Crippen molar-refractivity contribution >= 4 is 28.6 Å². The number of hydrogen-bond acceptors (Lipinski definition) is 5. The number of amides is 3. The number of aliphatic hydroxyl groups is 1. The number of aromatic amines is 1. The number of nitrogens with two attached hydrogens (primary N) is 1. The quantitative estimate of drug-likeness (QED) is 0.143. The molecule has 0 fully saturated rings. The summed E-state index contributed by atoms with van der Waals surface area (Å²) in [6.45, 7) is 2.74. The second-order valence-corrected chi connectivity index (χ2v) is 10.4. The highest BCUT2D eigenvalue weighted by atomic mass is 16.3. The Morgan fingerprint density at radius 3 is 2.42 bits per heavy atom. The Kier molecular flexibility index (Phi) is 12.7. The van der Waals surface area contributed by atoms with E-state index >= 15 is 0 Å². The van der Waals surface area contributed by atoms with Crippen LogP contribution in [0.4, 0.5) is 0 Å². The number of carbonyl (C=O) groups is 3. The maximum Gasteiger partial charge on any atom is 0.225 e. The summed E-state index contributed by atoms with van der Waals surface area (Å²) in [4.78, 5) is 41.8. The first kappa shape index (κ1) is 30.8. The van der Waals surface area contributed by atoms with Crippen LogP contribution < -0.4 is 21.7 Å². The monoisotopic (exact) mass is 549 g/mol. The van der Waals surface area contributed by atoms with Gasteiger partial charge in [-0.1, -0.05) is 55.0 Å². The van der Waals surface area contributed by atoms with Crippen molar-refractivity contribution in [2.24, 2.45) is 11.7 Å². The molecular weight excluding hydrogens is 506 g/mol. The van der Waals surface area contributed by atoms with E-state index in [-0.39, 0.29) is 37.1 Å². The number of H-pyrrole nitrogens is 1. The van der Waals surface area contributed by atoms with Gasteiger partial charge in [0.25, 0.3) is 0 Å². The Bertz CT molecular complexity index is 1210. The molecule has 3 amide bonds. The minimum Gasteiger partial charge on any atom is -0.393 e. The lowest BCUT2D eigenvalue weighted by Gasteiger charge is -2.23. The molecule has 0 saturated carbocycles. The molecule has 0 aliphatic carbocycles. The van der Waals surface area contributed by atoms with Crippen LogP contribution in [0.5, 0.6) is 0 Å². The molecule has 0 radical (unpaired) electrons. The average molecular weight is 550 g/mol. The molecule has 3 atom stereocenters. The number of hydrogen-bond donors (Lipinski definition) is 6. The number of aliphatic hydroxyl groups excluding tert-OH is 1. The molecule has 7 N–H and O–H groups in total. The van der Waals surface area contributed by atoms with Gasteiger partial charge in [0.1, 0.15) is 0 Å². The first-order valence-electron chi connectivity index (χ1n) is 14.2. The fraction of sp³-hybridized carbons (Fsp3) is 0.452. The number of unbranched alkanes of at least 4 members (excludes halogenated alkanes) is 1. The van der Waals surface area contributed by atoms with E-state index in [9.17, 15) is 19.5 Å². The van der Waals surface area contributed by atoms with Crippen LogP contribution in [0.3, 0.4) is 0 Å². The van der Waals surface area contributed by atoms with Gasteiger partial charge < -0.3 is 31.8 Å². The van der Waals surface area contributed by atoms with E-state index in [4.69, 9.17) is 5.73 Å². The molecule has 0 unspecified atom stereocenters. The van der Waals surface area contributed by atoms with Crippen LogP contribution in [0.15, 0.2) is 60.8 Å². The number of aromatic nitrogens is 1. The van der Waals surface area contributed by atoms with Crippen molar-refractivity contribution in [1.29, 1.82) is 0 Å².